The summed E-state index contributed by atoms with van der Waals surface area (Å²) < 4.78 is 1.21. The molecule has 0 aliphatic rings. The van der Waals surface area contributed by atoms with Gasteiger partial charge >= 0.3 is 0 Å². The van der Waals surface area contributed by atoms with Crippen LogP contribution in [-0.2, 0) is 0 Å². The van der Waals surface area contributed by atoms with Crippen LogP contribution in [0.2, 0.25) is 5.02 Å². The molecule has 20 heavy (non-hydrogen) atoms. The second-order valence-electron chi connectivity index (χ2n) is 4.87. The highest BCUT2D eigenvalue weighted by Crippen LogP contribution is 2.30. The van der Waals surface area contributed by atoms with Gasteiger partial charge < -0.3 is 5.32 Å². The third-order valence-electron chi connectivity index (χ3n) is 3.41. The van der Waals surface area contributed by atoms with E-state index in [9.17, 15) is 0 Å². The van der Waals surface area contributed by atoms with Crippen LogP contribution in [0.25, 0.3) is 10.2 Å². The Morgan fingerprint density at radius 2 is 2.15 bits per heavy atom. The van der Waals surface area contributed by atoms with Crippen LogP contribution < -0.4 is 5.32 Å². The molecule has 0 amide bonds. The maximum absolute atomic E-state index is 6.26. The minimum atomic E-state index is 0.160. The fraction of sp³-hybridized carbons (Fsp3) is 0.188. The van der Waals surface area contributed by atoms with Gasteiger partial charge in [-0.15, -0.1) is 11.3 Å². The first-order valence-corrected chi connectivity index (χ1v) is 7.75. The van der Waals surface area contributed by atoms with Crippen molar-refractivity contribution in [1.82, 2.24) is 4.98 Å². The molecular formula is C16H15ClN2S. The zero-order valence-corrected chi connectivity index (χ0v) is 12.9. The van der Waals surface area contributed by atoms with Crippen molar-refractivity contribution in [3.8, 4) is 0 Å². The van der Waals surface area contributed by atoms with Gasteiger partial charge in [0.05, 0.1) is 27.0 Å². The van der Waals surface area contributed by atoms with E-state index in [1.54, 1.807) is 11.3 Å². The lowest BCUT2D eigenvalue weighted by molar-refractivity contribution is 0.878. The van der Waals surface area contributed by atoms with Crippen molar-refractivity contribution >= 4 is 38.8 Å². The Labute approximate surface area is 127 Å². The number of pyridine rings is 1. The van der Waals surface area contributed by atoms with Crippen molar-refractivity contribution in [1.29, 1.82) is 0 Å². The number of hydrogen-bond acceptors (Lipinski definition) is 3. The molecular weight excluding hydrogens is 288 g/mol. The van der Waals surface area contributed by atoms with Crippen molar-refractivity contribution < 1.29 is 0 Å². The van der Waals surface area contributed by atoms with Crippen molar-refractivity contribution in [3.63, 3.8) is 0 Å². The van der Waals surface area contributed by atoms with Crippen molar-refractivity contribution in [2.45, 2.75) is 19.9 Å². The monoisotopic (exact) mass is 302 g/mol. The SMILES string of the molecule is Cc1cccc(Cl)c1NC(C)c1cnc2ccsc2c1. The molecule has 0 aliphatic heterocycles. The number of fused-ring (bicyclic) bond motifs is 1. The molecule has 1 N–H and O–H groups in total. The summed E-state index contributed by atoms with van der Waals surface area (Å²) in [6.07, 6.45) is 1.93. The third-order valence-corrected chi connectivity index (χ3v) is 4.57. The highest BCUT2D eigenvalue weighted by Gasteiger charge is 2.11. The molecule has 0 spiro atoms. The summed E-state index contributed by atoms with van der Waals surface area (Å²) in [5, 5.41) is 6.30. The number of benzene rings is 1. The number of nitrogens with zero attached hydrogens (tertiary/aromatic N) is 1. The minimum Gasteiger partial charge on any atom is -0.377 e. The fourth-order valence-electron chi connectivity index (χ4n) is 2.21. The van der Waals surface area contributed by atoms with E-state index in [1.165, 1.54) is 10.3 Å². The minimum absolute atomic E-state index is 0.160. The Hall–Kier alpha value is -1.58. The van der Waals surface area contributed by atoms with Gasteiger partial charge in [-0.2, -0.15) is 0 Å². The lowest BCUT2D eigenvalue weighted by Gasteiger charge is -2.18. The van der Waals surface area contributed by atoms with E-state index in [-0.39, 0.29) is 6.04 Å². The van der Waals surface area contributed by atoms with E-state index < -0.39 is 0 Å². The first-order chi connectivity index (χ1) is 9.65. The number of thiophene rings is 1. The van der Waals surface area contributed by atoms with E-state index in [0.717, 1.165) is 21.8 Å². The van der Waals surface area contributed by atoms with Gasteiger partial charge in [0.1, 0.15) is 0 Å². The van der Waals surface area contributed by atoms with Crippen LogP contribution in [0.5, 0.6) is 0 Å². The number of aryl methyl sites for hydroxylation is 1. The highest BCUT2D eigenvalue weighted by atomic mass is 35.5. The first-order valence-electron chi connectivity index (χ1n) is 6.50. The molecule has 4 heteroatoms. The number of anilines is 1. The average molecular weight is 303 g/mol. The fourth-order valence-corrected chi connectivity index (χ4v) is 3.28. The van der Waals surface area contributed by atoms with Gasteiger partial charge in [-0.05, 0) is 48.6 Å². The molecule has 1 aromatic carbocycles. The van der Waals surface area contributed by atoms with Crippen LogP contribution in [0.1, 0.15) is 24.1 Å². The van der Waals surface area contributed by atoms with E-state index in [4.69, 9.17) is 11.6 Å². The van der Waals surface area contributed by atoms with Crippen LogP contribution in [0.15, 0.2) is 41.9 Å². The third kappa shape index (κ3) is 2.51. The quantitative estimate of drug-likeness (QED) is 0.697. The van der Waals surface area contributed by atoms with Gasteiger partial charge in [-0.1, -0.05) is 23.7 Å². The van der Waals surface area contributed by atoms with E-state index in [2.05, 4.69) is 41.7 Å². The van der Waals surface area contributed by atoms with E-state index in [0.29, 0.717) is 0 Å². The highest BCUT2D eigenvalue weighted by molar-refractivity contribution is 7.17. The molecule has 0 saturated heterocycles. The number of aromatic nitrogens is 1. The lowest BCUT2D eigenvalue weighted by atomic mass is 10.1. The van der Waals surface area contributed by atoms with Gasteiger partial charge in [-0.3, -0.25) is 4.98 Å². The molecule has 3 aromatic rings. The molecule has 1 atom stereocenters. The number of hydrogen-bond donors (Lipinski definition) is 1. The molecule has 0 aliphatic carbocycles. The molecule has 0 saturated carbocycles. The zero-order valence-electron chi connectivity index (χ0n) is 11.4. The second-order valence-corrected chi connectivity index (χ2v) is 6.23. The Morgan fingerprint density at radius 3 is 2.95 bits per heavy atom. The topological polar surface area (TPSA) is 24.9 Å². The maximum Gasteiger partial charge on any atom is 0.0809 e. The lowest BCUT2D eigenvalue weighted by Crippen LogP contribution is -2.08. The van der Waals surface area contributed by atoms with Gasteiger partial charge in [0.15, 0.2) is 0 Å². The Bertz CT molecular complexity index is 731. The largest absolute Gasteiger partial charge is 0.377 e. The normalized spacial score (nSPS) is 12.6. The number of para-hydroxylation sites is 1. The second kappa shape index (κ2) is 5.43. The van der Waals surface area contributed by atoms with Crippen LogP contribution >= 0.6 is 22.9 Å². The average Bonchev–Trinajstić information content (AvgIpc) is 2.90. The molecule has 0 radical (unpaired) electrons. The smallest absolute Gasteiger partial charge is 0.0809 e. The van der Waals surface area contributed by atoms with Gasteiger partial charge in [0.2, 0.25) is 0 Å². The van der Waals surface area contributed by atoms with Crippen molar-refractivity contribution in [3.05, 3.63) is 58.1 Å². The predicted octanol–water partition coefficient (Wildman–Crippen LogP) is 5.43. The van der Waals surface area contributed by atoms with E-state index in [1.807, 2.05) is 24.4 Å². The zero-order chi connectivity index (χ0) is 14.1. The molecule has 1 unspecified atom stereocenters. The van der Waals surface area contributed by atoms with E-state index >= 15 is 0 Å². The molecule has 0 bridgehead atoms. The van der Waals surface area contributed by atoms with Crippen LogP contribution in [0.4, 0.5) is 5.69 Å². The number of halogens is 1. The van der Waals surface area contributed by atoms with Crippen LogP contribution in [0, 0.1) is 6.92 Å². The summed E-state index contributed by atoms with van der Waals surface area (Å²) in [5.41, 5.74) is 4.36. The summed E-state index contributed by atoms with van der Waals surface area (Å²) in [6.45, 7) is 4.18. The van der Waals surface area contributed by atoms with Crippen LogP contribution in [-0.4, -0.2) is 4.98 Å². The standard InChI is InChI=1S/C16H15ClN2S/c1-10-4-3-5-13(17)16(10)19-11(2)12-8-15-14(18-9-12)6-7-20-15/h3-9,11,19H,1-2H3. The van der Waals surface area contributed by atoms with Crippen molar-refractivity contribution in [2.75, 3.05) is 5.32 Å². The summed E-state index contributed by atoms with van der Waals surface area (Å²) in [7, 11) is 0. The summed E-state index contributed by atoms with van der Waals surface area (Å²) in [5.74, 6) is 0. The maximum atomic E-state index is 6.26. The molecule has 2 nitrogen and oxygen atoms in total. The molecule has 2 heterocycles. The number of nitrogens with one attached hydrogen (secondary N) is 1. The molecule has 2 aromatic heterocycles. The molecule has 0 fully saturated rings. The van der Waals surface area contributed by atoms with Gasteiger partial charge in [0, 0.05) is 6.20 Å². The summed E-state index contributed by atoms with van der Waals surface area (Å²) >= 11 is 7.98. The Balaban J connectivity index is 1.90. The van der Waals surface area contributed by atoms with Crippen LogP contribution in [0.3, 0.4) is 0 Å². The number of rotatable bonds is 3. The summed E-state index contributed by atoms with van der Waals surface area (Å²) in [6, 6.07) is 10.3. The van der Waals surface area contributed by atoms with Gasteiger partial charge in [-0.25, -0.2) is 0 Å². The first kappa shape index (κ1) is 13.4. The summed E-state index contributed by atoms with van der Waals surface area (Å²) in [4.78, 5) is 4.49. The van der Waals surface area contributed by atoms with Gasteiger partial charge in [0.25, 0.3) is 0 Å². The predicted molar refractivity (Wildman–Crippen MR) is 87.8 cm³/mol. The molecule has 102 valence electrons. The van der Waals surface area contributed by atoms with Crippen molar-refractivity contribution in [2.24, 2.45) is 0 Å². The Morgan fingerprint density at radius 1 is 1.30 bits per heavy atom. The molecule has 3 rings (SSSR count). The Kier molecular flexibility index (Phi) is 3.64.